The predicted molar refractivity (Wildman–Crippen MR) is 113 cm³/mol. The van der Waals surface area contributed by atoms with Crippen molar-refractivity contribution in [2.24, 2.45) is 0 Å². The Labute approximate surface area is 174 Å². The number of fused-ring (bicyclic) bond motifs is 3. The van der Waals surface area contributed by atoms with Gasteiger partial charge in [0.2, 0.25) is 5.91 Å². The van der Waals surface area contributed by atoms with Crippen LogP contribution in [-0.2, 0) is 33.5 Å². The van der Waals surface area contributed by atoms with Gasteiger partial charge < -0.3 is 19.8 Å². The summed E-state index contributed by atoms with van der Waals surface area (Å²) >= 11 is 1.64. The molecular weight excluding hydrogens is 390 g/mol. The summed E-state index contributed by atoms with van der Waals surface area (Å²) in [5.41, 5.74) is 1.13. The smallest absolute Gasteiger partial charge is 0.259 e. The van der Waals surface area contributed by atoms with Crippen molar-refractivity contribution in [1.82, 2.24) is 15.3 Å². The number of aromatic nitrogens is 2. The number of aromatic amines is 1. The van der Waals surface area contributed by atoms with Gasteiger partial charge in [0, 0.05) is 37.5 Å². The van der Waals surface area contributed by atoms with Gasteiger partial charge in [0.05, 0.1) is 18.1 Å². The lowest BCUT2D eigenvalue weighted by molar-refractivity contribution is -0.121. The highest BCUT2D eigenvalue weighted by molar-refractivity contribution is 7.18. The normalized spacial score (nSPS) is 18.8. The Hall–Kier alpha value is -1.77. The van der Waals surface area contributed by atoms with Crippen LogP contribution in [-0.4, -0.2) is 48.3 Å². The van der Waals surface area contributed by atoms with Gasteiger partial charge in [-0.2, -0.15) is 0 Å². The quantitative estimate of drug-likeness (QED) is 0.609. The van der Waals surface area contributed by atoms with Crippen LogP contribution in [0.25, 0.3) is 10.2 Å². The second-order valence-electron chi connectivity index (χ2n) is 7.82. The van der Waals surface area contributed by atoms with Gasteiger partial charge in [0.1, 0.15) is 10.7 Å². The minimum atomic E-state index is -0.0619. The fraction of sp³-hybridized carbons (Fsp3) is 0.667. The molecule has 1 aliphatic carbocycles. The number of nitrogens with zero attached hydrogens (tertiary/aromatic N) is 1. The van der Waals surface area contributed by atoms with Gasteiger partial charge >= 0.3 is 0 Å². The third-order valence-electron chi connectivity index (χ3n) is 5.58. The van der Waals surface area contributed by atoms with E-state index in [0.29, 0.717) is 38.4 Å². The first-order chi connectivity index (χ1) is 14.2. The summed E-state index contributed by atoms with van der Waals surface area (Å²) in [5.74, 6) is 0.563. The summed E-state index contributed by atoms with van der Waals surface area (Å²) in [6, 6.07) is 0. The fourth-order valence-corrected chi connectivity index (χ4v) is 5.32. The molecule has 3 heterocycles. The third-order valence-corrected chi connectivity index (χ3v) is 6.76. The minimum absolute atomic E-state index is 0.0302. The molecule has 0 aromatic carbocycles. The summed E-state index contributed by atoms with van der Waals surface area (Å²) in [6.07, 6.45) is 8.31. The summed E-state index contributed by atoms with van der Waals surface area (Å²) in [4.78, 5) is 34.2. The Balaban J connectivity index is 1.20. The molecule has 2 aromatic heterocycles. The number of hydrogen-bond acceptors (Lipinski definition) is 6. The van der Waals surface area contributed by atoms with E-state index in [9.17, 15) is 9.59 Å². The molecule has 1 atom stereocenters. The monoisotopic (exact) mass is 419 g/mol. The van der Waals surface area contributed by atoms with Crippen LogP contribution in [0.3, 0.4) is 0 Å². The third kappa shape index (κ3) is 5.24. The van der Waals surface area contributed by atoms with Crippen LogP contribution in [0.15, 0.2) is 4.79 Å². The number of rotatable bonds is 9. The second-order valence-corrected chi connectivity index (χ2v) is 8.90. The lowest BCUT2D eigenvalue weighted by Crippen LogP contribution is -2.26. The number of nitrogens with one attached hydrogen (secondary N) is 2. The van der Waals surface area contributed by atoms with Gasteiger partial charge in [-0.3, -0.25) is 9.59 Å². The lowest BCUT2D eigenvalue weighted by Gasteiger charge is -2.10. The lowest BCUT2D eigenvalue weighted by atomic mass is 9.97. The Morgan fingerprint density at radius 1 is 1.31 bits per heavy atom. The van der Waals surface area contributed by atoms with E-state index < -0.39 is 0 Å². The van der Waals surface area contributed by atoms with E-state index in [4.69, 9.17) is 9.47 Å². The molecule has 2 aliphatic rings. The zero-order chi connectivity index (χ0) is 20.1. The predicted octanol–water partition coefficient (Wildman–Crippen LogP) is 2.50. The van der Waals surface area contributed by atoms with Crippen LogP contribution >= 0.6 is 11.3 Å². The van der Waals surface area contributed by atoms with E-state index in [0.717, 1.165) is 55.3 Å². The Morgan fingerprint density at radius 2 is 2.21 bits per heavy atom. The van der Waals surface area contributed by atoms with E-state index >= 15 is 0 Å². The van der Waals surface area contributed by atoms with Crippen molar-refractivity contribution in [1.29, 1.82) is 0 Å². The molecule has 2 N–H and O–H groups in total. The van der Waals surface area contributed by atoms with Gasteiger partial charge in [0.15, 0.2) is 0 Å². The maximum atomic E-state index is 12.5. The zero-order valence-corrected chi connectivity index (χ0v) is 17.6. The fourth-order valence-electron chi connectivity index (χ4n) is 4.04. The summed E-state index contributed by atoms with van der Waals surface area (Å²) in [6.45, 7) is 2.69. The molecule has 158 valence electrons. The van der Waals surface area contributed by atoms with Gasteiger partial charge in [-0.1, -0.05) is 0 Å². The summed E-state index contributed by atoms with van der Waals surface area (Å²) < 4.78 is 11.1. The molecule has 1 saturated heterocycles. The van der Waals surface area contributed by atoms with Gasteiger partial charge in [0.25, 0.3) is 5.56 Å². The Morgan fingerprint density at radius 3 is 3.07 bits per heavy atom. The van der Waals surface area contributed by atoms with Crippen LogP contribution < -0.4 is 10.9 Å². The number of thiophene rings is 1. The minimum Gasteiger partial charge on any atom is -0.379 e. The van der Waals surface area contributed by atoms with Crippen LogP contribution in [0.1, 0.15) is 54.8 Å². The van der Waals surface area contributed by atoms with E-state index in [1.54, 1.807) is 11.3 Å². The highest BCUT2D eigenvalue weighted by Gasteiger charge is 2.20. The van der Waals surface area contributed by atoms with Crippen molar-refractivity contribution in [2.45, 2.75) is 63.9 Å². The zero-order valence-electron chi connectivity index (χ0n) is 16.8. The van der Waals surface area contributed by atoms with Crippen molar-refractivity contribution in [3.63, 3.8) is 0 Å². The average Bonchev–Trinajstić information content (AvgIpc) is 3.36. The first-order valence-corrected chi connectivity index (χ1v) is 11.5. The Kier molecular flexibility index (Phi) is 6.94. The van der Waals surface area contributed by atoms with Gasteiger partial charge in [-0.25, -0.2) is 4.98 Å². The molecule has 0 spiro atoms. The molecule has 29 heavy (non-hydrogen) atoms. The molecule has 2 aromatic rings. The van der Waals surface area contributed by atoms with E-state index in [-0.39, 0.29) is 17.6 Å². The van der Waals surface area contributed by atoms with Gasteiger partial charge in [-0.15, -0.1) is 11.3 Å². The highest BCUT2D eigenvalue weighted by atomic mass is 32.1. The average molecular weight is 420 g/mol. The molecule has 1 aliphatic heterocycles. The molecule has 1 fully saturated rings. The summed E-state index contributed by atoms with van der Waals surface area (Å²) in [7, 11) is 0. The molecule has 4 rings (SSSR count). The number of carbonyl (C=O) groups excluding carboxylic acids is 1. The van der Waals surface area contributed by atoms with Crippen LogP contribution in [0.5, 0.6) is 0 Å². The first kappa shape index (κ1) is 20.5. The number of amides is 1. The molecule has 8 heteroatoms. The largest absolute Gasteiger partial charge is 0.379 e. The maximum absolute atomic E-state index is 12.5. The Bertz CT molecular complexity index is 901. The van der Waals surface area contributed by atoms with Gasteiger partial charge in [-0.05, 0) is 50.5 Å². The van der Waals surface area contributed by atoms with E-state index in [2.05, 4.69) is 15.3 Å². The van der Waals surface area contributed by atoms with Crippen molar-refractivity contribution in [2.75, 3.05) is 26.4 Å². The standard InChI is InChI=1S/C21H29N3O4S/c25-18(22-10-4-11-27-13-14-5-3-12-28-14)9-8-17-23-20(26)19-15-6-1-2-7-16(15)29-21(19)24-17/h14H,1-13H2,(H,22,25)(H,23,24,26). The topological polar surface area (TPSA) is 93.3 Å². The number of aryl methyl sites for hydroxylation is 3. The SMILES string of the molecule is O=C(CCc1nc2sc3c(c2c(=O)[nH]1)CCCC3)NCCCOCC1CCCO1. The van der Waals surface area contributed by atoms with Crippen LogP contribution in [0.2, 0.25) is 0 Å². The van der Waals surface area contributed by atoms with E-state index in [1.165, 1.54) is 16.9 Å². The number of hydrogen-bond donors (Lipinski definition) is 2. The number of ether oxygens (including phenoxy) is 2. The van der Waals surface area contributed by atoms with Crippen molar-refractivity contribution >= 4 is 27.5 Å². The van der Waals surface area contributed by atoms with Crippen molar-refractivity contribution in [3.8, 4) is 0 Å². The van der Waals surface area contributed by atoms with Crippen LogP contribution in [0.4, 0.5) is 0 Å². The van der Waals surface area contributed by atoms with Crippen molar-refractivity contribution < 1.29 is 14.3 Å². The second kappa shape index (κ2) is 9.82. The molecule has 0 bridgehead atoms. The first-order valence-electron chi connectivity index (χ1n) is 10.7. The molecular formula is C21H29N3O4S. The molecule has 0 saturated carbocycles. The molecule has 1 amide bonds. The highest BCUT2D eigenvalue weighted by Crippen LogP contribution is 2.33. The summed E-state index contributed by atoms with van der Waals surface area (Å²) in [5, 5.41) is 3.67. The van der Waals surface area contributed by atoms with Crippen molar-refractivity contribution in [3.05, 3.63) is 26.6 Å². The molecule has 0 radical (unpaired) electrons. The van der Waals surface area contributed by atoms with Crippen LogP contribution in [0, 0.1) is 0 Å². The molecule has 7 nitrogen and oxygen atoms in total. The number of carbonyl (C=O) groups is 1. The number of H-pyrrole nitrogens is 1. The van der Waals surface area contributed by atoms with E-state index in [1.807, 2.05) is 0 Å². The maximum Gasteiger partial charge on any atom is 0.259 e. The molecule has 1 unspecified atom stereocenters.